The van der Waals surface area contributed by atoms with Crippen LogP contribution in [0.25, 0.3) is 0 Å². The summed E-state index contributed by atoms with van der Waals surface area (Å²) in [4.78, 5) is 11.1. The molecule has 112 valence electrons. The lowest BCUT2D eigenvalue weighted by molar-refractivity contribution is -0.191. The highest BCUT2D eigenvalue weighted by molar-refractivity contribution is 5.69. The van der Waals surface area contributed by atoms with Crippen LogP contribution >= 0.6 is 0 Å². The SMILES string of the molecule is CC(=O)Oc1ccc2c(c1)[C@H]1O[C@H](O2)c2ccccc2[C@H]1O. The van der Waals surface area contributed by atoms with Crippen LogP contribution in [-0.4, -0.2) is 11.1 Å². The fourth-order valence-electron chi connectivity index (χ4n) is 2.97. The lowest BCUT2D eigenvalue weighted by atomic mass is 9.89. The Hall–Kier alpha value is -2.37. The van der Waals surface area contributed by atoms with Gasteiger partial charge in [0.15, 0.2) is 0 Å². The van der Waals surface area contributed by atoms with Crippen molar-refractivity contribution in [3.8, 4) is 11.5 Å². The van der Waals surface area contributed by atoms with E-state index >= 15 is 0 Å². The molecule has 2 aliphatic heterocycles. The molecule has 0 saturated heterocycles. The third-order valence-electron chi connectivity index (χ3n) is 3.91. The van der Waals surface area contributed by atoms with E-state index in [1.165, 1.54) is 6.92 Å². The molecule has 22 heavy (non-hydrogen) atoms. The van der Waals surface area contributed by atoms with Crippen molar-refractivity contribution in [1.82, 2.24) is 0 Å². The molecular weight excluding hydrogens is 284 g/mol. The second kappa shape index (κ2) is 4.83. The first-order valence-electron chi connectivity index (χ1n) is 7.05. The maximum atomic E-state index is 11.1. The maximum Gasteiger partial charge on any atom is 0.308 e. The minimum absolute atomic E-state index is 0.398. The van der Waals surface area contributed by atoms with Gasteiger partial charge in [0.2, 0.25) is 6.29 Å². The molecule has 0 aliphatic carbocycles. The van der Waals surface area contributed by atoms with Gasteiger partial charge in [-0.3, -0.25) is 4.79 Å². The number of esters is 1. The van der Waals surface area contributed by atoms with Gasteiger partial charge in [0.1, 0.15) is 23.7 Å². The average molecular weight is 298 g/mol. The van der Waals surface area contributed by atoms with Gasteiger partial charge in [-0.2, -0.15) is 0 Å². The van der Waals surface area contributed by atoms with Crippen molar-refractivity contribution in [3.63, 3.8) is 0 Å². The van der Waals surface area contributed by atoms with E-state index in [4.69, 9.17) is 14.2 Å². The Morgan fingerprint density at radius 2 is 1.91 bits per heavy atom. The van der Waals surface area contributed by atoms with Gasteiger partial charge in [0, 0.05) is 18.1 Å². The quantitative estimate of drug-likeness (QED) is 0.648. The molecule has 0 spiro atoms. The van der Waals surface area contributed by atoms with Crippen molar-refractivity contribution in [2.75, 3.05) is 0 Å². The molecular formula is C17H14O5. The summed E-state index contributed by atoms with van der Waals surface area (Å²) in [5, 5.41) is 10.6. The summed E-state index contributed by atoms with van der Waals surface area (Å²) in [5.74, 6) is 0.638. The number of rotatable bonds is 1. The van der Waals surface area contributed by atoms with Crippen LogP contribution in [0.5, 0.6) is 11.5 Å². The van der Waals surface area contributed by atoms with Crippen LogP contribution in [0.4, 0.5) is 0 Å². The summed E-state index contributed by atoms with van der Waals surface area (Å²) in [7, 11) is 0. The molecule has 2 bridgehead atoms. The first-order valence-corrected chi connectivity index (χ1v) is 7.05. The van der Waals surface area contributed by atoms with Gasteiger partial charge in [-0.15, -0.1) is 0 Å². The van der Waals surface area contributed by atoms with Gasteiger partial charge >= 0.3 is 5.97 Å². The van der Waals surface area contributed by atoms with E-state index in [0.29, 0.717) is 17.1 Å². The number of hydrogen-bond acceptors (Lipinski definition) is 5. The molecule has 2 aromatic carbocycles. The molecule has 3 atom stereocenters. The highest BCUT2D eigenvalue weighted by Gasteiger charge is 2.41. The van der Waals surface area contributed by atoms with Gasteiger partial charge in [0.05, 0.1) is 0 Å². The average Bonchev–Trinajstić information content (AvgIpc) is 2.52. The zero-order valence-corrected chi connectivity index (χ0v) is 11.9. The Balaban J connectivity index is 1.78. The van der Waals surface area contributed by atoms with Crippen molar-refractivity contribution in [3.05, 3.63) is 59.2 Å². The van der Waals surface area contributed by atoms with Crippen LogP contribution in [0.15, 0.2) is 42.5 Å². The lowest BCUT2D eigenvalue weighted by Crippen LogP contribution is -2.32. The van der Waals surface area contributed by atoms with Crippen molar-refractivity contribution >= 4 is 5.97 Å². The molecule has 0 amide bonds. The predicted molar refractivity (Wildman–Crippen MR) is 76.3 cm³/mol. The van der Waals surface area contributed by atoms with Crippen molar-refractivity contribution in [2.24, 2.45) is 0 Å². The smallest absolute Gasteiger partial charge is 0.308 e. The molecule has 0 saturated carbocycles. The van der Waals surface area contributed by atoms with Crippen LogP contribution in [0, 0.1) is 0 Å². The van der Waals surface area contributed by atoms with E-state index in [0.717, 1.165) is 11.1 Å². The summed E-state index contributed by atoms with van der Waals surface area (Å²) >= 11 is 0. The summed E-state index contributed by atoms with van der Waals surface area (Å²) < 4.78 is 16.8. The highest BCUT2D eigenvalue weighted by Crippen LogP contribution is 2.51. The lowest BCUT2D eigenvalue weighted by Gasteiger charge is -2.40. The Morgan fingerprint density at radius 3 is 2.68 bits per heavy atom. The van der Waals surface area contributed by atoms with Crippen LogP contribution in [0.1, 0.15) is 42.1 Å². The number of carbonyl (C=O) groups excluding carboxylic acids is 1. The van der Waals surface area contributed by atoms with E-state index in [2.05, 4.69) is 0 Å². The molecule has 1 N–H and O–H groups in total. The summed E-state index contributed by atoms with van der Waals surface area (Å²) in [5.41, 5.74) is 2.31. The summed E-state index contributed by atoms with van der Waals surface area (Å²) in [6, 6.07) is 12.6. The molecule has 5 nitrogen and oxygen atoms in total. The zero-order valence-electron chi connectivity index (χ0n) is 11.9. The van der Waals surface area contributed by atoms with E-state index in [-0.39, 0.29) is 0 Å². The van der Waals surface area contributed by atoms with Crippen LogP contribution in [0.3, 0.4) is 0 Å². The van der Waals surface area contributed by atoms with E-state index < -0.39 is 24.5 Å². The minimum atomic E-state index is -0.789. The molecule has 5 heteroatoms. The fourth-order valence-corrected chi connectivity index (χ4v) is 2.97. The molecule has 2 heterocycles. The molecule has 0 radical (unpaired) electrons. The van der Waals surface area contributed by atoms with Crippen LogP contribution < -0.4 is 9.47 Å². The van der Waals surface area contributed by atoms with E-state index in [1.54, 1.807) is 18.2 Å². The molecule has 0 unspecified atom stereocenters. The molecule has 2 aliphatic rings. The fraction of sp³-hybridized carbons (Fsp3) is 0.235. The van der Waals surface area contributed by atoms with Gasteiger partial charge in [-0.25, -0.2) is 0 Å². The van der Waals surface area contributed by atoms with Gasteiger partial charge in [0.25, 0.3) is 0 Å². The van der Waals surface area contributed by atoms with E-state index in [9.17, 15) is 9.90 Å². The summed E-state index contributed by atoms with van der Waals surface area (Å²) in [6.45, 7) is 1.34. The topological polar surface area (TPSA) is 65.0 Å². The predicted octanol–water partition coefficient (Wildman–Crippen LogP) is 2.81. The van der Waals surface area contributed by atoms with Crippen molar-refractivity contribution in [2.45, 2.75) is 25.4 Å². The number of hydrogen-bond donors (Lipinski definition) is 1. The zero-order chi connectivity index (χ0) is 15.3. The van der Waals surface area contributed by atoms with Crippen LogP contribution in [0.2, 0.25) is 0 Å². The molecule has 2 aromatic rings. The maximum absolute atomic E-state index is 11.1. The Bertz CT molecular complexity index is 754. The largest absolute Gasteiger partial charge is 0.460 e. The minimum Gasteiger partial charge on any atom is -0.460 e. The van der Waals surface area contributed by atoms with Gasteiger partial charge < -0.3 is 19.3 Å². The Morgan fingerprint density at radius 1 is 1.14 bits per heavy atom. The second-order valence-electron chi connectivity index (χ2n) is 5.37. The summed E-state index contributed by atoms with van der Waals surface area (Å²) in [6.07, 6.45) is -1.86. The Labute approximate surface area is 127 Å². The van der Waals surface area contributed by atoms with Gasteiger partial charge in [-0.1, -0.05) is 24.3 Å². The van der Waals surface area contributed by atoms with Crippen LogP contribution in [-0.2, 0) is 9.53 Å². The Kier molecular flexibility index (Phi) is 2.92. The first kappa shape index (κ1) is 13.3. The monoisotopic (exact) mass is 298 g/mol. The van der Waals surface area contributed by atoms with E-state index in [1.807, 2.05) is 24.3 Å². The third kappa shape index (κ3) is 1.98. The number of fused-ring (bicyclic) bond motifs is 6. The van der Waals surface area contributed by atoms with Crippen molar-refractivity contribution in [1.29, 1.82) is 0 Å². The first-order chi connectivity index (χ1) is 10.6. The highest BCUT2D eigenvalue weighted by atomic mass is 16.7. The number of aliphatic hydroxyl groups excluding tert-OH is 1. The number of aliphatic hydroxyl groups is 1. The third-order valence-corrected chi connectivity index (χ3v) is 3.91. The molecule has 0 aromatic heterocycles. The number of benzene rings is 2. The van der Waals surface area contributed by atoms with Gasteiger partial charge in [-0.05, 0) is 23.8 Å². The normalized spacial score (nSPS) is 24.7. The second-order valence-corrected chi connectivity index (χ2v) is 5.37. The molecule has 0 fully saturated rings. The number of ether oxygens (including phenoxy) is 3. The standard InChI is InChI=1S/C17H14O5/c1-9(18)20-10-6-7-14-13(8-10)16-15(19)11-4-2-3-5-12(11)17(21-14)22-16/h2-8,15-17,19H,1H3/t15-,16-,17+/m1/s1. The van der Waals surface area contributed by atoms with Crippen molar-refractivity contribution < 1.29 is 24.1 Å². The number of carbonyl (C=O) groups is 1. The molecule has 4 rings (SSSR count).